The molecule has 0 aliphatic carbocycles. The number of hydrogen-bond acceptors (Lipinski definition) is 5. The van der Waals surface area contributed by atoms with Gasteiger partial charge in [-0.2, -0.15) is 0 Å². The van der Waals surface area contributed by atoms with E-state index < -0.39 is 10.0 Å². The van der Waals surface area contributed by atoms with Crippen molar-refractivity contribution in [1.29, 1.82) is 0 Å². The Morgan fingerprint density at radius 3 is 2.36 bits per heavy atom. The van der Waals surface area contributed by atoms with Crippen molar-refractivity contribution in [2.45, 2.75) is 17.9 Å². The summed E-state index contributed by atoms with van der Waals surface area (Å²) < 4.78 is 25.9. The molecule has 0 N–H and O–H groups in total. The molecule has 6 nitrogen and oxygen atoms in total. The van der Waals surface area contributed by atoms with E-state index in [2.05, 4.69) is 33.6 Å². The quantitative estimate of drug-likeness (QED) is 0.637. The van der Waals surface area contributed by atoms with Crippen molar-refractivity contribution < 1.29 is 8.42 Å². The maximum absolute atomic E-state index is 12.3. The van der Waals surface area contributed by atoms with Gasteiger partial charge in [-0.3, -0.25) is 9.80 Å². The van der Waals surface area contributed by atoms with Crippen LogP contribution in [0.15, 0.2) is 70.8 Å². The van der Waals surface area contributed by atoms with Gasteiger partial charge in [0, 0.05) is 65.0 Å². The Kier molecular flexibility index (Phi) is 7.20. The minimum atomic E-state index is -3.40. The molecule has 0 atom stereocenters. The summed E-state index contributed by atoms with van der Waals surface area (Å²) in [7, 11) is 1.88. The highest BCUT2D eigenvalue weighted by atomic mass is 32.2. The van der Waals surface area contributed by atoms with Crippen molar-refractivity contribution >= 4 is 10.0 Å². The summed E-state index contributed by atoms with van der Waals surface area (Å²) in [5, 5.41) is 0. The largest absolute Gasteiger partial charge is 0.365 e. The van der Waals surface area contributed by atoms with Crippen LogP contribution in [0.3, 0.4) is 0 Å². The number of hydrogen-bond donors (Lipinski definition) is 0. The van der Waals surface area contributed by atoms with Crippen LogP contribution in [0.5, 0.6) is 0 Å². The van der Waals surface area contributed by atoms with Crippen molar-refractivity contribution in [3.8, 4) is 11.8 Å². The lowest BCUT2D eigenvalue weighted by atomic mass is 10.0. The van der Waals surface area contributed by atoms with E-state index in [9.17, 15) is 8.42 Å². The van der Waals surface area contributed by atoms with E-state index >= 15 is 0 Å². The topological polar surface area (TPSA) is 47.1 Å². The fourth-order valence-electron chi connectivity index (χ4n) is 4.44. The van der Waals surface area contributed by atoms with Gasteiger partial charge in [-0.05, 0) is 35.4 Å². The average Bonchev–Trinajstić information content (AvgIpc) is 2.80. The average molecular weight is 465 g/mol. The predicted molar refractivity (Wildman–Crippen MR) is 132 cm³/mol. The van der Waals surface area contributed by atoms with Gasteiger partial charge in [0.05, 0.1) is 18.1 Å². The fourth-order valence-corrected chi connectivity index (χ4v) is 5.34. The Bertz CT molecular complexity index is 1160. The molecule has 33 heavy (non-hydrogen) atoms. The molecule has 0 unspecified atom stereocenters. The first-order chi connectivity index (χ1) is 15.8. The van der Waals surface area contributed by atoms with Crippen LogP contribution in [0.4, 0.5) is 0 Å². The second kappa shape index (κ2) is 10.1. The molecule has 2 aliphatic heterocycles. The molecule has 0 aromatic heterocycles. The van der Waals surface area contributed by atoms with E-state index in [4.69, 9.17) is 0 Å². The van der Waals surface area contributed by atoms with Crippen molar-refractivity contribution in [3.05, 3.63) is 77.0 Å². The minimum Gasteiger partial charge on any atom is -0.365 e. The minimum absolute atomic E-state index is 0.330. The molecule has 0 saturated carbocycles. The van der Waals surface area contributed by atoms with E-state index in [1.54, 1.807) is 26.2 Å². The highest BCUT2D eigenvalue weighted by Crippen LogP contribution is 2.26. The lowest BCUT2D eigenvalue weighted by Crippen LogP contribution is -2.47. The van der Waals surface area contributed by atoms with Crippen LogP contribution in [0.25, 0.3) is 0 Å². The van der Waals surface area contributed by atoms with Crippen LogP contribution in [0, 0.1) is 11.8 Å². The molecule has 0 saturated heterocycles. The highest BCUT2D eigenvalue weighted by molar-refractivity contribution is 7.89. The summed E-state index contributed by atoms with van der Waals surface area (Å²) >= 11 is 0. The molecule has 4 rings (SSSR count). The zero-order chi connectivity index (χ0) is 23.4. The Balaban J connectivity index is 1.38. The van der Waals surface area contributed by atoms with Crippen LogP contribution < -0.4 is 0 Å². The molecule has 0 amide bonds. The smallest absolute Gasteiger partial charge is 0.242 e. The number of sulfonamides is 1. The fraction of sp³-hybridized carbons (Fsp3) is 0.385. The van der Waals surface area contributed by atoms with Crippen LogP contribution in [0.2, 0.25) is 0 Å². The summed E-state index contributed by atoms with van der Waals surface area (Å²) in [5.74, 6) is 6.59. The molecular formula is C26H32N4O2S. The van der Waals surface area contributed by atoms with Crippen molar-refractivity contribution in [2.24, 2.45) is 0 Å². The molecule has 2 aromatic carbocycles. The molecule has 2 aliphatic rings. The molecule has 0 spiro atoms. The van der Waals surface area contributed by atoms with Gasteiger partial charge in [-0.25, -0.2) is 12.7 Å². The van der Waals surface area contributed by atoms with E-state index in [0.717, 1.165) is 56.9 Å². The van der Waals surface area contributed by atoms with Crippen LogP contribution in [-0.2, 0) is 16.6 Å². The third-order valence-electron chi connectivity index (χ3n) is 6.19. The third-order valence-corrected chi connectivity index (χ3v) is 8.02. The van der Waals surface area contributed by atoms with Gasteiger partial charge in [0.2, 0.25) is 10.0 Å². The first-order valence-electron chi connectivity index (χ1n) is 11.2. The standard InChI is InChI=1S/C26H32N4O2S/c1-27(2)33(31,32)25-13-11-23(12-14-25)18-30-20-24-19-29(17-15-26(24)28(3)21-30)16-7-10-22-8-5-4-6-9-22/h4-6,8-9,11-14H,15-21H2,1-3H3. The van der Waals surface area contributed by atoms with Gasteiger partial charge in [-0.15, -0.1) is 0 Å². The lowest BCUT2D eigenvalue weighted by Gasteiger charge is -2.42. The van der Waals surface area contributed by atoms with Gasteiger partial charge < -0.3 is 4.90 Å². The Labute approximate surface area is 198 Å². The van der Waals surface area contributed by atoms with Gasteiger partial charge in [0.15, 0.2) is 0 Å². The number of nitrogens with zero attached hydrogens (tertiary/aromatic N) is 4. The Morgan fingerprint density at radius 2 is 1.67 bits per heavy atom. The molecule has 2 aromatic rings. The summed E-state index contributed by atoms with van der Waals surface area (Å²) in [6.07, 6.45) is 1.06. The van der Waals surface area contributed by atoms with Gasteiger partial charge in [-0.1, -0.05) is 42.2 Å². The van der Waals surface area contributed by atoms with Gasteiger partial charge in [0.1, 0.15) is 0 Å². The SMILES string of the molecule is CN1CN(Cc2ccc(S(=O)(=O)N(C)C)cc2)CC2=C1CCN(CC#Cc1ccccc1)C2. The predicted octanol–water partition coefficient (Wildman–Crippen LogP) is 2.65. The van der Waals surface area contributed by atoms with E-state index in [1.807, 2.05) is 42.5 Å². The van der Waals surface area contributed by atoms with E-state index in [0.29, 0.717) is 4.90 Å². The van der Waals surface area contributed by atoms with Crippen LogP contribution in [0.1, 0.15) is 17.5 Å². The highest BCUT2D eigenvalue weighted by Gasteiger charge is 2.27. The number of benzene rings is 2. The van der Waals surface area contributed by atoms with Gasteiger partial charge in [0.25, 0.3) is 0 Å². The maximum Gasteiger partial charge on any atom is 0.242 e. The Hall–Kier alpha value is -2.63. The van der Waals surface area contributed by atoms with E-state index in [1.165, 1.54) is 15.6 Å². The summed E-state index contributed by atoms with van der Waals surface area (Å²) in [6.45, 7) is 5.35. The van der Waals surface area contributed by atoms with Crippen LogP contribution in [-0.4, -0.2) is 81.4 Å². The normalized spacial score (nSPS) is 17.6. The van der Waals surface area contributed by atoms with E-state index in [-0.39, 0.29) is 0 Å². The zero-order valence-corrected chi connectivity index (χ0v) is 20.5. The molecule has 0 fully saturated rings. The lowest BCUT2D eigenvalue weighted by molar-refractivity contribution is 0.137. The maximum atomic E-state index is 12.3. The molecule has 7 heteroatoms. The molecular weight excluding hydrogens is 432 g/mol. The monoisotopic (exact) mass is 464 g/mol. The molecule has 0 radical (unpaired) electrons. The van der Waals surface area contributed by atoms with Crippen molar-refractivity contribution in [1.82, 2.24) is 19.0 Å². The summed E-state index contributed by atoms with van der Waals surface area (Å²) in [4.78, 5) is 7.52. The summed E-state index contributed by atoms with van der Waals surface area (Å²) in [5.41, 5.74) is 5.10. The second-order valence-corrected chi connectivity index (χ2v) is 11.1. The van der Waals surface area contributed by atoms with Crippen molar-refractivity contribution in [2.75, 3.05) is 54.0 Å². The van der Waals surface area contributed by atoms with Crippen molar-refractivity contribution in [3.63, 3.8) is 0 Å². The number of rotatable bonds is 5. The first-order valence-corrected chi connectivity index (χ1v) is 12.7. The second-order valence-electron chi connectivity index (χ2n) is 8.94. The van der Waals surface area contributed by atoms with Gasteiger partial charge >= 0.3 is 0 Å². The third kappa shape index (κ3) is 5.66. The Morgan fingerprint density at radius 1 is 0.970 bits per heavy atom. The molecule has 2 heterocycles. The first kappa shape index (κ1) is 23.5. The van der Waals surface area contributed by atoms with Crippen LogP contribution >= 0.6 is 0 Å². The zero-order valence-electron chi connectivity index (χ0n) is 19.7. The molecule has 0 bridgehead atoms. The summed E-state index contributed by atoms with van der Waals surface area (Å²) in [6, 6.07) is 17.4. The molecule has 174 valence electrons.